The Balaban J connectivity index is 2.36. The van der Waals surface area contributed by atoms with Crippen molar-refractivity contribution in [2.75, 3.05) is 0 Å². The second-order valence-electron chi connectivity index (χ2n) is 10.9. The number of piperidine rings is 2. The van der Waals surface area contributed by atoms with Crippen molar-refractivity contribution in [1.82, 2.24) is 15.5 Å². The van der Waals surface area contributed by atoms with E-state index in [1.165, 1.54) is 6.08 Å². The highest BCUT2D eigenvalue weighted by molar-refractivity contribution is 5.87. The molecule has 0 saturated carbocycles. The summed E-state index contributed by atoms with van der Waals surface area (Å²) in [4.78, 5) is 15.1. The topological polar surface area (TPSA) is 44.4 Å². The lowest BCUT2D eigenvalue weighted by atomic mass is 9.75. The van der Waals surface area contributed by atoms with Crippen LogP contribution in [0.15, 0.2) is 12.7 Å². The van der Waals surface area contributed by atoms with Gasteiger partial charge in [0, 0.05) is 34.2 Å². The monoisotopic (exact) mass is 349 g/mol. The highest BCUT2D eigenvalue weighted by atomic mass is 16.2. The normalized spacial score (nSPS) is 28.3. The molecule has 0 spiro atoms. The van der Waals surface area contributed by atoms with Crippen LogP contribution < -0.4 is 10.6 Å². The number of amides is 1. The zero-order valence-electron chi connectivity index (χ0n) is 17.6. The highest BCUT2D eigenvalue weighted by Gasteiger charge is 2.46. The minimum atomic E-state index is 0.0179. The molecule has 2 fully saturated rings. The third kappa shape index (κ3) is 5.07. The summed E-state index contributed by atoms with van der Waals surface area (Å²) in [6, 6.07) is 0.484. The molecule has 0 aliphatic carbocycles. The predicted molar refractivity (Wildman–Crippen MR) is 106 cm³/mol. The molecular weight excluding hydrogens is 310 g/mol. The van der Waals surface area contributed by atoms with Crippen molar-refractivity contribution >= 4 is 5.91 Å². The van der Waals surface area contributed by atoms with Crippen LogP contribution in [0.5, 0.6) is 0 Å². The van der Waals surface area contributed by atoms with Gasteiger partial charge in [0.05, 0.1) is 0 Å². The van der Waals surface area contributed by atoms with Gasteiger partial charge in [0.15, 0.2) is 0 Å². The van der Waals surface area contributed by atoms with Crippen LogP contribution in [0.2, 0.25) is 0 Å². The number of carbonyl (C=O) groups excluding carboxylic acids is 1. The first-order chi connectivity index (χ1) is 11.2. The summed E-state index contributed by atoms with van der Waals surface area (Å²) in [5, 5.41) is 7.47. The summed E-state index contributed by atoms with van der Waals surface area (Å²) in [5.41, 5.74) is 0.0717. The Kier molecular flexibility index (Phi) is 5.22. The standard InChI is InChI=1S/C21H39N3O/c1-10-17(25)24(15-11-18(2,3)22-19(4,5)12-15)16-13-20(6,7)23-21(8,9)14-16/h10,15-16,22-23H,1,11-14H2,2-9H3. The van der Waals surface area contributed by atoms with Gasteiger partial charge < -0.3 is 15.5 Å². The van der Waals surface area contributed by atoms with Gasteiger partial charge >= 0.3 is 0 Å². The van der Waals surface area contributed by atoms with E-state index < -0.39 is 0 Å². The van der Waals surface area contributed by atoms with Crippen molar-refractivity contribution in [2.45, 2.75) is 115 Å². The van der Waals surface area contributed by atoms with Crippen LogP contribution >= 0.6 is 0 Å². The average molecular weight is 350 g/mol. The molecule has 0 aromatic rings. The molecule has 2 aliphatic heterocycles. The van der Waals surface area contributed by atoms with E-state index in [1.54, 1.807) is 0 Å². The third-order valence-electron chi connectivity index (χ3n) is 5.55. The number of carbonyl (C=O) groups is 1. The second kappa shape index (κ2) is 6.38. The number of rotatable bonds is 3. The Bertz CT molecular complexity index is 463. The molecule has 1 amide bonds. The van der Waals surface area contributed by atoms with Crippen LogP contribution in [0.3, 0.4) is 0 Å². The van der Waals surface area contributed by atoms with E-state index in [1.807, 2.05) is 0 Å². The Morgan fingerprint density at radius 3 is 1.32 bits per heavy atom. The number of hydrogen-bond donors (Lipinski definition) is 2. The Morgan fingerprint density at radius 1 is 0.800 bits per heavy atom. The molecule has 0 radical (unpaired) electrons. The minimum Gasteiger partial charge on any atom is -0.333 e. The lowest BCUT2D eigenvalue weighted by Crippen LogP contribution is -2.67. The summed E-state index contributed by atoms with van der Waals surface area (Å²) in [7, 11) is 0. The summed E-state index contributed by atoms with van der Waals surface area (Å²) in [6.45, 7) is 21.7. The first-order valence-electron chi connectivity index (χ1n) is 9.69. The molecule has 2 saturated heterocycles. The zero-order chi connectivity index (χ0) is 19.3. The van der Waals surface area contributed by atoms with Crippen molar-refractivity contribution in [2.24, 2.45) is 0 Å². The Labute approximate surface area is 154 Å². The summed E-state index contributed by atoms with van der Waals surface area (Å²) in [6.07, 6.45) is 5.40. The molecule has 4 heteroatoms. The molecule has 0 aromatic carbocycles. The van der Waals surface area contributed by atoms with Gasteiger partial charge in [-0.05, 0) is 87.1 Å². The summed E-state index contributed by atoms with van der Waals surface area (Å²) in [5.74, 6) is 0.0806. The van der Waals surface area contributed by atoms with Crippen molar-refractivity contribution in [3.8, 4) is 0 Å². The molecule has 2 rings (SSSR count). The maximum absolute atomic E-state index is 12.9. The highest BCUT2D eigenvalue weighted by Crippen LogP contribution is 2.38. The number of nitrogens with zero attached hydrogens (tertiary/aromatic N) is 1. The van der Waals surface area contributed by atoms with E-state index in [-0.39, 0.29) is 40.1 Å². The fraction of sp³-hybridized carbons (Fsp3) is 0.857. The van der Waals surface area contributed by atoms with E-state index in [0.717, 1.165) is 25.7 Å². The Hall–Kier alpha value is -0.870. The smallest absolute Gasteiger partial charge is 0.246 e. The zero-order valence-corrected chi connectivity index (χ0v) is 17.6. The van der Waals surface area contributed by atoms with Gasteiger partial charge in [0.1, 0.15) is 0 Å². The molecule has 2 N–H and O–H groups in total. The van der Waals surface area contributed by atoms with E-state index in [2.05, 4.69) is 77.5 Å². The number of hydrogen-bond acceptors (Lipinski definition) is 3. The third-order valence-corrected chi connectivity index (χ3v) is 5.55. The minimum absolute atomic E-state index is 0.0179. The van der Waals surface area contributed by atoms with Gasteiger partial charge in [-0.15, -0.1) is 0 Å². The van der Waals surface area contributed by atoms with Crippen LogP contribution in [-0.4, -0.2) is 45.0 Å². The van der Waals surface area contributed by atoms with Crippen LogP contribution in [0.4, 0.5) is 0 Å². The van der Waals surface area contributed by atoms with Gasteiger partial charge in [0.25, 0.3) is 0 Å². The molecule has 0 aromatic heterocycles. The molecule has 0 bridgehead atoms. The van der Waals surface area contributed by atoms with E-state index in [4.69, 9.17) is 0 Å². The van der Waals surface area contributed by atoms with Crippen molar-refractivity contribution in [3.63, 3.8) is 0 Å². The summed E-state index contributed by atoms with van der Waals surface area (Å²) >= 11 is 0. The SMILES string of the molecule is C=CC(=O)N(C1CC(C)(C)NC(C)(C)C1)C1CC(C)(C)NC(C)(C)C1. The Morgan fingerprint density at radius 2 is 1.08 bits per heavy atom. The van der Waals surface area contributed by atoms with Gasteiger partial charge in [-0.2, -0.15) is 0 Å². The first kappa shape index (κ1) is 20.4. The van der Waals surface area contributed by atoms with Crippen molar-refractivity contribution < 1.29 is 4.79 Å². The molecule has 0 unspecified atom stereocenters. The maximum Gasteiger partial charge on any atom is 0.246 e. The molecule has 144 valence electrons. The first-order valence-corrected chi connectivity index (χ1v) is 9.69. The van der Waals surface area contributed by atoms with E-state index in [9.17, 15) is 4.79 Å². The van der Waals surface area contributed by atoms with Gasteiger partial charge in [-0.25, -0.2) is 0 Å². The molecule has 25 heavy (non-hydrogen) atoms. The molecular formula is C21H39N3O. The fourth-order valence-electron chi connectivity index (χ4n) is 5.69. The number of nitrogens with one attached hydrogen (secondary N) is 2. The molecule has 0 atom stereocenters. The van der Waals surface area contributed by atoms with Crippen molar-refractivity contribution in [3.05, 3.63) is 12.7 Å². The summed E-state index contributed by atoms with van der Waals surface area (Å²) < 4.78 is 0. The molecule has 2 aliphatic rings. The average Bonchev–Trinajstić information content (AvgIpc) is 2.30. The lowest BCUT2D eigenvalue weighted by molar-refractivity contribution is -0.135. The van der Waals surface area contributed by atoms with Gasteiger partial charge in [0.2, 0.25) is 5.91 Å². The molecule has 2 heterocycles. The molecule has 4 nitrogen and oxygen atoms in total. The maximum atomic E-state index is 12.9. The van der Waals surface area contributed by atoms with Crippen LogP contribution in [0.25, 0.3) is 0 Å². The fourth-order valence-corrected chi connectivity index (χ4v) is 5.69. The van der Waals surface area contributed by atoms with Gasteiger partial charge in [-0.3, -0.25) is 4.79 Å². The van der Waals surface area contributed by atoms with E-state index in [0.29, 0.717) is 0 Å². The quantitative estimate of drug-likeness (QED) is 0.765. The van der Waals surface area contributed by atoms with Crippen LogP contribution in [0, 0.1) is 0 Å². The van der Waals surface area contributed by atoms with Crippen LogP contribution in [0.1, 0.15) is 81.1 Å². The van der Waals surface area contributed by atoms with Crippen molar-refractivity contribution in [1.29, 1.82) is 0 Å². The second-order valence-corrected chi connectivity index (χ2v) is 10.9. The predicted octanol–water partition coefficient (Wildman–Crippen LogP) is 3.62. The van der Waals surface area contributed by atoms with E-state index >= 15 is 0 Å². The van der Waals surface area contributed by atoms with Crippen LogP contribution in [-0.2, 0) is 4.79 Å². The largest absolute Gasteiger partial charge is 0.333 e. The van der Waals surface area contributed by atoms with Gasteiger partial charge in [-0.1, -0.05) is 6.58 Å². The lowest BCUT2D eigenvalue weighted by Gasteiger charge is -2.55.